The quantitative estimate of drug-likeness (QED) is 0.789. The lowest BCUT2D eigenvalue weighted by Gasteiger charge is -2.17. The maximum Gasteiger partial charge on any atom is 0.224 e. The summed E-state index contributed by atoms with van der Waals surface area (Å²) >= 11 is 5.98. The normalized spacial score (nSPS) is 12.5. The number of carbonyl (C=O) groups excluding carboxylic acids is 1. The number of halogens is 1. The summed E-state index contributed by atoms with van der Waals surface area (Å²) < 4.78 is 0. The van der Waals surface area contributed by atoms with Crippen LogP contribution in [0.1, 0.15) is 32.3 Å². The lowest BCUT2D eigenvalue weighted by Crippen LogP contribution is -2.24. The van der Waals surface area contributed by atoms with Crippen LogP contribution < -0.4 is 11.1 Å². The zero-order chi connectivity index (χ0) is 14.4. The van der Waals surface area contributed by atoms with Crippen molar-refractivity contribution in [2.45, 2.75) is 33.6 Å². The minimum atomic E-state index is -0.0610. The molecular weight excluding hydrogens is 262 g/mol. The average Bonchev–Trinajstić information content (AvgIpc) is 2.32. The number of nitrogens with zero attached hydrogens (tertiary/aromatic N) is 1. The first kappa shape index (κ1) is 15.9. The molecule has 5 heteroatoms. The van der Waals surface area contributed by atoms with Crippen molar-refractivity contribution in [3.8, 4) is 0 Å². The van der Waals surface area contributed by atoms with Crippen molar-refractivity contribution in [1.82, 2.24) is 4.98 Å². The zero-order valence-corrected chi connectivity index (χ0v) is 12.5. The number of nitrogens with two attached hydrogens (primary N) is 1. The molecule has 4 nitrogen and oxygen atoms in total. The van der Waals surface area contributed by atoms with Gasteiger partial charge in [-0.3, -0.25) is 4.79 Å². The van der Waals surface area contributed by atoms with Crippen LogP contribution in [-0.4, -0.2) is 17.4 Å². The Labute approximate surface area is 119 Å². The predicted molar refractivity (Wildman–Crippen MR) is 79.2 cm³/mol. The van der Waals surface area contributed by atoms with Gasteiger partial charge in [0.15, 0.2) is 5.15 Å². The Bertz CT molecular complexity index is 414. The lowest BCUT2D eigenvalue weighted by molar-refractivity contribution is -0.117. The number of aryl methyl sites for hydroxylation is 1. The van der Waals surface area contributed by atoms with Gasteiger partial charge in [-0.2, -0.15) is 0 Å². The van der Waals surface area contributed by atoms with Crippen molar-refractivity contribution in [3.63, 3.8) is 0 Å². The topological polar surface area (TPSA) is 68.0 Å². The number of hydrogen-bond donors (Lipinski definition) is 2. The molecule has 0 bridgehead atoms. The highest BCUT2D eigenvalue weighted by atomic mass is 35.5. The van der Waals surface area contributed by atoms with Crippen LogP contribution in [0.2, 0.25) is 5.15 Å². The molecule has 1 aromatic rings. The van der Waals surface area contributed by atoms with Crippen molar-refractivity contribution in [2.75, 3.05) is 11.9 Å². The molecule has 0 saturated carbocycles. The summed E-state index contributed by atoms with van der Waals surface area (Å²) in [6, 6.07) is 1.82. The fraction of sp³-hybridized carbons (Fsp3) is 0.571. The van der Waals surface area contributed by atoms with Gasteiger partial charge in [-0.15, -0.1) is 0 Å². The minimum Gasteiger partial charge on any atom is -0.330 e. The molecule has 1 heterocycles. The molecule has 106 valence electrons. The van der Waals surface area contributed by atoms with Gasteiger partial charge in [0.1, 0.15) is 0 Å². The predicted octanol–water partition coefficient (Wildman–Crippen LogP) is 2.99. The molecule has 0 aromatic carbocycles. The fourth-order valence-corrected chi connectivity index (χ4v) is 2.31. The maximum atomic E-state index is 12.0. The Balaban J connectivity index is 2.64. The Morgan fingerprint density at radius 3 is 2.74 bits per heavy atom. The van der Waals surface area contributed by atoms with Crippen molar-refractivity contribution in [2.24, 2.45) is 17.6 Å². The number of hydrogen-bond acceptors (Lipinski definition) is 3. The third-order valence-corrected chi connectivity index (χ3v) is 3.28. The molecule has 0 spiro atoms. The first-order valence-corrected chi connectivity index (χ1v) is 6.92. The van der Waals surface area contributed by atoms with Crippen LogP contribution in [0.3, 0.4) is 0 Å². The molecule has 0 saturated heterocycles. The summed E-state index contributed by atoms with van der Waals surface area (Å²) in [5.74, 6) is 0.676. The summed E-state index contributed by atoms with van der Waals surface area (Å²) in [4.78, 5) is 16.0. The zero-order valence-electron chi connectivity index (χ0n) is 11.7. The molecule has 1 rings (SSSR count). The average molecular weight is 284 g/mol. The molecular formula is C14H22ClN3O. The first-order valence-electron chi connectivity index (χ1n) is 6.55. The van der Waals surface area contributed by atoms with Crippen LogP contribution >= 0.6 is 11.6 Å². The van der Waals surface area contributed by atoms with E-state index in [0.29, 0.717) is 29.7 Å². The monoisotopic (exact) mass is 283 g/mol. The van der Waals surface area contributed by atoms with Gasteiger partial charge in [0, 0.05) is 12.6 Å². The number of rotatable bonds is 6. The van der Waals surface area contributed by atoms with Crippen molar-refractivity contribution < 1.29 is 4.79 Å². The molecule has 1 aromatic heterocycles. The van der Waals surface area contributed by atoms with E-state index in [1.165, 1.54) is 0 Å². The van der Waals surface area contributed by atoms with Gasteiger partial charge in [0.25, 0.3) is 0 Å². The van der Waals surface area contributed by atoms with Crippen LogP contribution in [0.4, 0.5) is 5.69 Å². The smallest absolute Gasteiger partial charge is 0.224 e. The SMILES string of the molecule is Cc1ccnc(Cl)c1NC(=O)CC(CN)CC(C)C. The van der Waals surface area contributed by atoms with Gasteiger partial charge in [-0.1, -0.05) is 25.4 Å². The highest BCUT2D eigenvalue weighted by Gasteiger charge is 2.16. The van der Waals surface area contributed by atoms with E-state index in [1.807, 2.05) is 13.0 Å². The van der Waals surface area contributed by atoms with E-state index in [0.717, 1.165) is 12.0 Å². The second-order valence-electron chi connectivity index (χ2n) is 5.28. The molecule has 1 amide bonds. The largest absolute Gasteiger partial charge is 0.330 e. The second kappa shape index (κ2) is 7.46. The van der Waals surface area contributed by atoms with Gasteiger partial charge in [-0.25, -0.2) is 4.98 Å². The van der Waals surface area contributed by atoms with E-state index in [4.69, 9.17) is 17.3 Å². The van der Waals surface area contributed by atoms with Crippen molar-refractivity contribution in [1.29, 1.82) is 0 Å². The van der Waals surface area contributed by atoms with E-state index >= 15 is 0 Å². The first-order chi connectivity index (χ1) is 8.93. The molecule has 0 aliphatic carbocycles. The summed E-state index contributed by atoms with van der Waals surface area (Å²) in [7, 11) is 0. The van der Waals surface area contributed by atoms with Crippen LogP contribution in [0.25, 0.3) is 0 Å². The minimum absolute atomic E-state index is 0.0610. The molecule has 0 radical (unpaired) electrons. The Hall–Kier alpha value is -1.13. The third-order valence-electron chi connectivity index (χ3n) is 2.99. The van der Waals surface area contributed by atoms with Gasteiger partial charge < -0.3 is 11.1 Å². The van der Waals surface area contributed by atoms with Crippen LogP contribution in [0.5, 0.6) is 0 Å². The molecule has 0 aliphatic heterocycles. The highest BCUT2D eigenvalue weighted by Crippen LogP contribution is 2.23. The number of aromatic nitrogens is 1. The van der Waals surface area contributed by atoms with Gasteiger partial charge >= 0.3 is 0 Å². The molecule has 19 heavy (non-hydrogen) atoms. The molecule has 1 unspecified atom stereocenters. The lowest BCUT2D eigenvalue weighted by atomic mass is 9.94. The van der Waals surface area contributed by atoms with Crippen LogP contribution in [0.15, 0.2) is 12.3 Å². The van der Waals surface area contributed by atoms with Crippen molar-refractivity contribution >= 4 is 23.2 Å². The Kier molecular flexibility index (Phi) is 6.25. The Morgan fingerprint density at radius 1 is 1.53 bits per heavy atom. The number of anilines is 1. The summed E-state index contributed by atoms with van der Waals surface area (Å²) in [6.45, 7) is 6.66. The summed E-state index contributed by atoms with van der Waals surface area (Å²) in [5, 5.41) is 3.15. The van der Waals surface area contributed by atoms with Gasteiger partial charge in [-0.05, 0) is 43.4 Å². The number of carbonyl (C=O) groups is 1. The summed E-state index contributed by atoms with van der Waals surface area (Å²) in [6.07, 6.45) is 2.98. The Morgan fingerprint density at radius 2 is 2.21 bits per heavy atom. The van der Waals surface area contributed by atoms with E-state index < -0.39 is 0 Å². The van der Waals surface area contributed by atoms with E-state index in [2.05, 4.69) is 24.1 Å². The fourth-order valence-electron chi connectivity index (χ4n) is 2.06. The van der Waals surface area contributed by atoms with E-state index in [1.54, 1.807) is 6.20 Å². The third kappa shape index (κ3) is 5.17. The van der Waals surface area contributed by atoms with Crippen LogP contribution in [0, 0.1) is 18.8 Å². The standard InChI is InChI=1S/C14H22ClN3O/c1-9(2)6-11(8-16)7-12(19)18-13-10(3)4-5-17-14(13)15/h4-5,9,11H,6-8,16H2,1-3H3,(H,18,19). The highest BCUT2D eigenvalue weighted by molar-refractivity contribution is 6.32. The van der Waals surface area contributed by atoms with Gasteiger partial charge in [0.05, 0.1) is 5.69 Å². The number of pyridine rings is 1. The number of nitrogens with one attached hydrogen (secondary N) is 1. The molecule has 0 aliphatic rings. The molecule has 3 N–H and O–H groups in total. The van der Waals surface area contributed by atoms with Crippen molar-refractivity contribution in [3.05, 3.63) is 23.0 Å². The summed E-state index contributed by atoms with van der Waals surface area (Å²) in [5.41, 5.74) is 7.20. The molecule has 0 fully saturated rings. The van der Waals surface area contributed by atoms with Gasteiger partial charge in [0.2, 0.25) is 5.91 Å². The number of amides is 1. The van der Waals surface area contributed by atoms with Crippen LogP contribution in [-0.2, 0) is 4.79 Å². The van der Waals surface area contributed by atoms with E-state index in [9.17, 15) is 4.79 Å². The maximum absolute atomic E-state index is 12.0. The second-order valence-corrected chi connectivity index (χ2v) is 5.64. The van der Waals surface area contributed by atoms with E-state index in [-0.39, 0.29) is 11.8 Å². The molecule has 1 atom stereocenters.